The summed E-state index contributed by atoms with van der Waals surface area (Å²) in [5.74, 6) is -0.326. The van der Waals surface area contributed by atoms with Crippen molar-refractivity contribution in [3.05, 3.63) is 83.9 Å². The van der Waals surface area contributed by atoms with Crippen LogP contribution in [0.3, 0.4) is 0 Å². The molecule has 0 atom stereocenters. The van der Waals surface area contributed by atoms with Crippen LogP contribution in [0, 0.1) is 0 Å². The summed E-state index contributed by atoms with van der Waals surface area (Å²) < 4.78 is 4.93. The normalized spacial score (nSPS) is 11.6. The molecule has 0 heterocycles. The molecule has 2 aromatic carbocycles. The summed E-state index contributed by atoms with van der Waals surface area (Å²) in [6.07, 6.45) is 5.30. The molecule has 21 heavy (non-hydrogen) atoms. The third-order valence-corrected chi connectivity index (χ3v) is 2.91. The van der Waals surface area contributed by atoms with E-state index in [4.69, 9.17) is 4.74 Å². The molecule has 0 saturated carbocycles. The molecule has 0 aliphatic carbocycles. The van der Waals surface area contributed by atoms with Crippen LogP contribution in [0.25, 0.3) is 11.6 Å². The van der Waals surface area contributed by atoms with E-state index in [1.807, 2.05) is 66.7 Å². The van der Waals surface area contributed by atoms with Gasteiger partial charge < -0.3 is 4.74 Å². The highest BCUT2D eigenvalue weighted by Crippen LogP contribution is 2.19. The second-order valence-electron chi connectivity index (χ2n) is 4.46. The number of hydrogen-bond acceptors (Lipinski definition) is 2. The highest BCUT2D eigenvalue weighted by atomic mass is 16.5. The van der Waals surface area contributed by atoms with Gasteiger partial charge in [-0.2, -0.15) is 0 Å². The minimum atomic E-state index is -0.326. The van der Waals surface area contributed by atoms with E-state index in [2.05, 4.69) is 0 Å². The molecule has 0 fully saturated rings. The summed E-state index contributed by atoms with van der Waals surface area (Å²) in [6, 6.07) is 20.0. The van der Waals surface area contributed by atoms with Crippen LogP contribution in [-0.2, 0) is 9.53 Å². The molecular formula is C19H18O2. The fraction of sp³-hybridized carbons (Fsp3) is 0.105. The van der Waals surface area contributed by atoms with E-state index in [0.29, 0.717) is 6.61 Å². The second-order valence-corrected chi connectivity index (χ2v) is 4.46. The van der Waals surface area contributed by atoms with Crippen LogP contribution in [0.15, 0.2) is 72.8 Å². The smallest absolute Gasteiger partial charge is 0.330 e. The van der Waals surface area contributed by atoms with Crippen molar-refractivity contribution in [1.82, 2.24) is 0 Å². The van der Waals surface area contributed by atoms with Crippen LogP contribution in [0.5, 0.6) is 0 Å². The number of hydrogen-bond donors (Lipinski definition) is 0. The molecule has 0 spiro atoms. The summed E-state index contributed by atoms with van der Waals surface area (Å²) in [5, 5.41) is 0. The summed E-state index contributed by atoms with van der Waals surface area (Å²) in [7, 11) is 0. The molecule has 0 bridgehead atoms. The lowest BCUT2D eigenvalue weighted by Gasteiger charge is -2.03. The van der Waals surface area contributed by atoms with Crippen molar-refractivity contribution >= 4 is 17.6 Å². The van der Waals surface area contributed by atoms with E-state index < -0.39 is 0 Å². The van der Waals surface area contributed by atoms with Gasteiger partial charge in [-0.15, -0.1) is 0 Å². The van der Waals surface area contributed by atoms with Gasteiger partial charge in [0.15, 0.2) is 0 Å². The van der Waals surface area contributed by atoms with Crippen molar-refractivity contribution < 1.29 is 9.53 Å². The molecule has 2 heteroatoms. The first-order chi connectivity index (χ1) is 10.3. The third-order valence-electron chi connectivity index (χ3n) is 2.91. The highest BCUT2D eigenvalue weighted by molar-refractivity contribution is 5.92. The van der Waals surface area contributed by atoms with Gasteiger partial charge in [-0.3, -0.25) is 0 Å². The van der Waals surface area contributed by atoms with Gasteiger partial charge >= 0.3 is 5.97 Å². The predicted molar refractivity (Wildman–Crippen MR) is 86.5 cm³/mol. The van der Waals surface area contributed by atoms with Gasteiger partial charge in [0.05, 0.1) is 6.61 Å². The average molecular weight is 278 g/mol. The Bertz CT molecular complexity index is 625. The zero-order valence-corrected chi connectivity index (χ0v) is 12.0. The Kier molecular flexibility index (Phi) is 5.53. The third kappa shape index (κ3) is 4.77. The van der Waals surface area contributed by atoms with Crippen LogP contribution in [0.4, 0.5) is 0 Å². The summed E-state index contributed by atoms with van der Waals surface area (Å²) >= 11 is 0. The van der Waals surface area contributed by atoms with Crippen molar-refractivity contribution in [3.8, 4) is 0 Å². The van der Waals surface area contributed by atoms with Gasteiger partial charge in [-0.05, 0) is 35.8 Å². The minimum Gasteiger partial charge on any atom is -0.463 e. The minimum absolute atomic E-state index is 0.326. The lowest BCUT2D eigenvalue weighted by Crippen LogP contribution is -1.99. The lowest BCUT2D eigenvalue weighted by atomic mass is 10.0. The van der Waals surface area contributed by atoms with E-state index in [1.165, 1.54) is 6.08 Å². The Balaban J connectivity index is 2.32. The van der Waals surface area contributed by atoms with E-state index in [1.54, 1.807) is 13.0 Å². The van der Waals surface area contributed by atoms with E-state index in [9.17, 15) is 4.79 Å². The summed E-state index contributed by atoms with van der Waals surface area (Å²) in [4.78, 5) is 11.5. The lowest BCUT2D eigenvalue weighted by molar-refractivity contribution is -0.137. The number of carbonyl (C=O) groups excluding carboxylic acids is 1. The molecule has 0 saturated heterocycles. The first-order valence-electron chi connectivity index (χ1n) is 6.96. The first kappa shape index (κ1) is 14.8. The maximum Gasteiger partial charge on any atom is 0.330 e. The molecule has 2 nitrogen and oxygen atoms in total. The highest BCUT2D eigenvalue weighted by Gasteiger charge is 2.00. The Hall–Kier alpha value is -2.61. The van der Waals surface area contributed by atoms with Gasteiger partial charge in [0.2, 0.25) is 0 Å². The standard InChI is InChI=1S/C19H18O2/c1-2-21-19(20)14-13-18(17-11-7-4-8-12-17)15-16-9-5-3-6-10-16/h3-15H,2H2,1H3/b14-13-,18-15-. The van der Waals surface area contributed by atoms with Crippen molar-refractivity contribution in [2.75, 3.05) is 6.61 Å². The molecule has 106 valence electrons. The molecule has 0 aliphatic heterocycles. The number of allylic oxidation sites excluding steroid dienone is 2. The Morgan fingerprint density at radius 3 is 2.19 bits per heavy atom. The number of benzene rings is 2. The number of carbonyl (C=O) groups is 1. The Labute approximate surface area is 125 Å². The zero-order valence-electron chi connectivity index (χ0n) is 12.0. The van der Waals surface area contributed by atoms with Crippen LogP contribution >= 0.6 is 0 Å². The number of rotatable bonds is 5. The van der Waals surface area contributed by atoms with Crippen molar-refractivity contribution in [2.45, 2.75) is 6.92 Å². The van der Waals surface area contributed by atoms with Crippen LogP contribution in [-0.4, -0.2) is 12.6 Å². The topological polar surface area (TPSA) is 26.3 Å². The van der Waals surface area contributed by atoms with E-state index in [-0.39, 0.29) is 5.97 Å². The average Bonchev–Trinajstić information content (AvgIpc) is 2.53. The van der Waals surface area contributed by atoms with Gasteiger partial charge in [-0.1, -0.05) is 60.7 Å². The largest absolute Gasteiger partial charge is 0.463 e. The van der Waals surface area contributed by atoms with Gasteiger partial charge in [0.25, 0.3) is 0 Å². The van der Waals surface area contributed by atoms with Crippen LogP contribution in [0.1, 0.15) is 18.1 Å². The SMILES string of the molecule is CCOC(=O)/C=C\C(=C\c1ccccc1)c1ccccc1. The molecule has 0 aliphatic rings. The first-order valence-corrected chi connectivity index (χ1v) is 6.96. The van der Waals surface area contributed by atoms with Crippen LogP contribution in [0.2, 0.25) is 0 Å². The Morgan fingerprint density at radius 2 is 1.57 bits per heavy atom. The van der Waals surface area contributed by atoms with Gasteiger partial charge in [0.1, 0.15) is 0 Å². The molecule has 0 amide bonds. The number of ether oxygens (including phenoxy) is 1. The monoisotopic (exact) mass is 278 g/mol. The summed E-state index contributed by atoms with van der Waals surface area (Å²) in [6.45, 7) is 2.18. The Morgan fingerprint density at radius 1 is 0.952 bits per heavy atom. The fourth-order valence-electron chi connectivity index (χ4n) is 1.94. The molecule has 0 aromatic heterocycles. The van der Waals surface area contributed by atoms with Crippen molar-refractivity contribution in [1.29, 1.82) is 0 Å². The zero-order chi connectivity index (χ0) is 14.9. The molecule has 2 aromatic rings. The van der Waals surface area contributed by atoms with Crippen LogP contribution < -0.4 is 0 Å². The van der Waals surface area contributed by atoms with E-state index >= 15 is 0 Å². The van der Waals surface area contributed by atoms with Gasteiger partial charge in [0, 0.05) is 6.08 Å². The van der Waals surface area contributed by atoms with E-state index in [0.717, 1.165) is 16.7 Å². The fourth-order valence-corrected chi connectivity index (χ4v) is 1.94. The number of esters is 1. The second kappa shape index (κ2) is 7.85. The quantitative estimate of drug-likeness (QED) is 0.352. The predicted octanol–water partition coefficient (Wildman–Crippen LogP) is 4.35. The van der Waals surface area contributed by atoms with Crippen molar-refractivity contribution in [2.24, 2.45) is 0 Å². The molecule has 2 rings (SSSR count). The maximum atomic E-state index is 11.5. The van der Waals surface area contributed by atoms with Crippen molar-refractivity contribution in [3.63, 3.8) is 0 Å². The molecule has 0 radical (unpaired) electrons. The molecular weight excluding hydrogens is 260 g/mol. The summed E-state index contributed by atoms with van der Waals surface area (Å²) in [5.41, 5.74) is 3.11. The maximum absolute atomic E-state index is 11.5. The molecule has 0 N–H and O–H groups in total. The molecule has 0 unspecified atom stereocenters. The van der Waals surface area contributed by atoms with Gasteiger partial charge in [-0.25, -0.2) is 4.79 Å².